The van der Waals surface area contributed by atoms with Crippen LogP contribution in [0.2, 0.25) is 0 Å². The molecule has 0 saturated heterocycles. The molecule has 1 fully saturated rings. The Labute approximate surface area is 140 Å². The van der Waals surface area contributed by atoms with Gasteiger partial charge in [-0.3, -0.25) is 9.79 Å². The number of hydrogen-bond acceptors (Lipinski definition) is 3. The van der Waals surface area contributed by atoms with E-state index in [4.69, 9.17) is 4.74 Å². The molecule has 1 aliphatic rings. The van der Waals surface area contributed by atoms with Crippen LogP contribution >= 0.6 is 0 Å². The SMILES string of the molecule is CN=C(NCC(=O)N(C)CC(F)(F)F)NCC1(CCOC)CCC1. The number of rotatable bonds is 8. The molecule has 140 valence electrons. The second-order valence-corrected chi connectivity index (χ2v) is 6.24. The number of carbonyl (C=O) groups is 1. The van der Waals surface area contributed by atoms with Gasteiger partial charge in [0.2, 0.25) is 5.91 Å². The van der Waals surface area contributed by atoms with Crippen molar-refractivity contribution in [2.75, 3.05) is 47.4 Å². The molecule has 6 nitrogen and oxygen atoms in total. The molecule has 0 radical (unpaired) electrons. The number of hydrogen-bond donors (Lipinski definition) is 2. The number of ether oxygens (including phenoxy) is 1. The van der Waals surface area contributed by atoms with Gasteiger partial charge in [0.25, 0.3) is 0 Å². The van der Waals surface area contributed by atoms with Crippen molar-refractivity contribution in [2.45, 2.75) is 31.9 Å². The van der Waals surface area contributed by atoms with Crippen LogP contribution in [0.15, 0.2) is 4.99 Å². The van der Waals surface area contributed by atoms with Crippen molar-refractivity contribution >= 4 is 11.9 Å². The number of guanidine groups is 1. The van der Waals surface area contributed by atoms with Gasteiger partial charge >= 0.3 is 6.18 Å². The topological polar surface area (TPSA) is 66.0 Å². The fourth-order valence-corrected chi connectivity index (χ4v) is 2.65. The Morgan fingerprint density at radius 1 is 1.33 bits per heavy atom. The van der Waals surface area contributed by atoms with E-state index in [1.165, 1.54) is 6.42 Å². The van der Waals surface area contributed by atoms with E-state index in [0.717, 1.165) is 26.3 Å². The minimum absolute atomic E-state index is 0.171. The summed E-state index contributed by atoms with van der Waals surface area (Å²) in [6, 6.07) is 0. The Balaban J connectivity index is 2.38. The summed E-state index contributed by atoms with van der Waals surface area (Å²) < 4.78 is 41.9. The van der Waals surface area contributed by atoms with Crippen LogP contribution in [0, 0.1) is 5.41 Å². The number of alkyl halides is 3. The van der Waals surface area contributed by atoms with E-state index in [2.05, 4.69) is 15.6 Å². The fourth-order valence-electron chi connectivity index (χ4n) is 2.65. The number of nitrogens with one attached hydrogen (secondary N) is 2. The third-order valence-corrected chi connectivity index (χ3v) is 4.35. The number of likely N-dealkylation sites (N-methyl/N-ethyl adjacent to an activating group) is 1. The van der Waals surface area contributed by atoms with E-state index in [9.17, 15) is 18.0 Å². The first-order valence-corrected chi connectivity index (χ1v) is 7.95. The van der Waals surface area contributed by atoms with Gasteiger partial charge in [0.05, 0.1) is 6.54 Å². The lowest BCUT2D eigenvalue weighted by Gasteiger charge is -2.42. The van der Waals surface area contributed by atoms with Gasteiger partial charge in [-0.1, -0.05) is 6.42 Å². The van der Waals surface area contributed by atoms with Gasteiger partial charge in [-0.05, 0) is 24.7 Å². The van der Waals surface area contributed by atoms with E-state index in [0.29, 0.717) is 24.0 Å². The summed E-state index contributed by atoms with van der Waals surface area (Å²) in [6.45, 7) is -0.117. The van der Waals surface area contributed by atoms with Gasteiger partial charge in [-0.15, -0.1) is 0 Å². The van der Waals surface area contributed by atoms with Gasteiger partial charge in [0, 0.05) is 34.4 Å². The van der Waals surface area contributed by atoms with Crippen LogP contribution in [0.3, 0.4) is 0 Å². The molecular weight excluding hydrogens is 325 g/mol. The average Bonchev–Trinajstić information content (AvgIpc) is 2.46. The third kappa shape index (κ3) is 6.94. The molecule has 0 aromatic heterocycles. The first-order valence-electron chi connectivity index (χ1n) is 7.95. The van der Waals surface area contributed by atoms with Gasteiger partial charge in [-0.2, -0.15) is 13.2 Å². The van der Waals surface area contributed by atoms with Crippen molar-refractivity contribution in [1.29, 1.82) is 0 Å². The lowest BCUT2D eigenvalue weighted by molar-refractivity contribution is -0.157. The minimum Gasteiger partial charge on any atom is -0.385 e. The van der Waals surface area contributed by atoms with Gasteiger partial charge < -0.3 is 20.3 Å². The van der Waals surface area contributed by atoms with E-state index >= 15 is 0 Å². The molecule has 0 aromatic rings. The first kappa shape index (κ1) is 20.5. The molecule has 9 heteroatoms. The van der Waals surface area contributed by atoms with Gasteiger partial charge in [0.15, 0.2) is 5.96 Å². The minimum atomic E-state index is -4.40. The number of aliphatic imine (C=N–C) groups is 1. The lowest BCUT2D eigenvalue weighted by Crippen LogP contribution is -2.49. The molecule has 0 atom stereocenters. The van der Waals surface area contributed by atoms with Crippen molar-refractivity contribution in [1.82, 2.24) is 15.5 Å². The summed E-state index contributed by atoms with van der Waals surface area (Å²) in [4.78, 5) is 16.4. The maximum atomic E-state index is 12.3. The first-order chi connectivity index (χ1) is 11.2. The summed E-state index contributed by atoms with van der Waals surface area (Å²) in [5.41, 5.74) is 0.171. The zero-order valence-corrected chi connectivity index (χ0v) is 14.5. The van der Waals surface area contributed by atoms with E-state index in [1.54, 1.807) is 14.2 Å². The predicted molar refractivity (Wildman–Crippen MR) is 85.8 cm³/mol. The summed E-state index contributed by atoms with van der Waals surface area (Å²) in [5.74, 6) is -0.236. The Kier molecular flexibility index (Phi) is 7.78. The highest BCUT2D eigenvalue weighted by molar-refractivity contribution is 5.86. The predicted octanol–water partition coefficient (Wildman–Crippen LogP) is 1.38. The van der Waals surface area contributed by atoms with E-state index in [1.807, 2.05) is 0 Å². The van der Waals surface area contributed by atoms with Crippen LogP contribution in [0.5, 0.6) is 0 Å². The van der Waals surface area contributed by atoms with Crippen molar-refractivity contribution < 1.29 is 22.7 Å². The Bertz CT molecular complexity index is 437. The van der Waals surface area contributed by atoms with Crippen LogP contribution in [-0.4, -0.2) is 70.4 Å². The van der Waals surface area contributed by atoms with E-state index < -0.39 is 18.6 Å². The highest BCUT2D eigenvalue weighted by Gasteiger charge is 2.36. The van der Waals surface area contributed by atoms with Crippen molar-refractivity contribution in [3.8, 4) is 0 Å². The van der Waals surface area contributed by atoms with Crippen LogP contribution in [0.25, 0.3) is 0 Å². The Morgan fingerprint density at radius 2 is 2.00 bits per heavy atom. The molecule has 2 N–H and O–H groups in total. The van der Waals surface area contributed by atoms with Crippen LogP contribution in [0.1, 0.15) is 25.7 Å². The molecule has 0 bridgehead atoms. The molecule has 0 spiro atoms. The second kappa shape index (κ2) is 9.10. The van der Waals surface area contributed by atoms with Gasteiger partial charge in [-0.25, -0.2) is 0 Å². The Morgan fingerprint density at radius 3 is 2.46 bits per heavy atom. The zero-order valence-electron chi connectivity index (χ0n) is 14.5. The van der Waals surface area contributed by atoms with Gasteiger partial charge in [0.1, 0.15) is 6.54 Å². The fraction of sp³-hybridized carbons (Fsp3) is 0.867. The highest BCUT2D eigenvalue weighted by atomic mass is 19.4. The number of halogens is 3. The zero-order chi connectivity index (χ0) is 18.2. The van der Waals surface area contributed by atoms with Crippen LogP contribution < -0.4 is 10.6 Å². The highest BCUT2D eigenvalue weighted by Crippen LogP contribution is 2.43. The number of methoxy groups -OCH3 is 1. The molecular formula is C15H27F3N4O2. The molecule has 1 amide bonds. The average molecular weight is 352 g/mol. The molecule has 1 aliphatic carbocycles. The molecule has 1 rings (SSSR count). The summed E-state index contributed by atoms with van der Waals surface area (Å²) in [7, 11) is 4.35. The van der Waals surface area contributed by atoms with Crippen molar-refractivity contribution in [3.63, 3.8) is 0 Å². The van der Waals surface area contributed by atoms with Crippen LogP contribution in [-0.2, 0) is 9.53 Å². The molecule has 0 aromatic carbocycles. The number of nitrogens with zero attached hydrogens (tertiary/aromatic N) is 2. The summed E-state index contributed by atoms with van der Waals surface area (Å²) >= 11 is 0. The standard InChI is InChI=1S/C15H27F3N4O2/c1-19-13(20-9-12(23)22(2)11-15(16,17)18)21-10-14(5-4-6-14)7-8-24-3/h4-11H2,1-3H3,(H2,19,20,21). The van der Waals surface area contributed by atoms with E-state index in [-0.39, 0.29) is 12.0 Å². The largest absolute Gasteiger partial charge is 0.406 e. The summed E-state index contributed by atoms with van der Waals surface area (Å²) in [6.07, 6.45) is -0.0671. The summed E-state index contributed by atoms with van der Waals surface area (Å²) in [5, 5.41) is 5.92. The molecule has 24 heavy (non-hydrogen) atoms. The lowest BCUT2D eigenvalue weighted by atomic mass is 9.67. The quantitative estimate of drug-likeness (QED) is 0.512. The number of carbonyl (C=O) groups excluding carboxylic acids is 1. The molecule has 0 unspecified atom stereocenters. The van der Waals surface area contributed by atoms with Crippen molar-refractivity contribution in [3.05, 3.63) is 0 Å². The van der Waals surface area contributed by atoms with Crippen LogP contribution in [0.4, 0.5) is 13.2 Å². The molecule has 1 saturated carbocycles. The normalized spacial score (nSPS) is 17.2. The Hall–Kier alpha value is -1.51. The monoisotopic (exact) mass is 352 g/mol. The smallest absolute Gasteiger partial charge is 0.385 e. The maximum absolute atomic E-state index is 12.3. The maximum Gasteiger partial charge on any atom is 0.406 e. The van der Waals surface area contributed by atoms with Crippen molar-refractivity contribution in [2.24, 2.45) is 10.4 Å². The molecule has 0 aliphatic heterocycles. The second-order valence-electron chi connectivity index (χ2n) is 6.24. The number of amides is 1. The molecule has 0 heterocycles. The third-order valence-electron chi connectivity index (χ3n) is 4.35.